The molecule has 1 aliphatic rings. The Morgan fingerprint density at radius 3 is 2.36 bits per heavy atom. The number of nitrogens with zero attached hydrogens (tertiary/aromatic N) is 1. The number of thiocarbonyl (C=S) groups is 1. The Balaban J connectivity index is 2.65. The van der Waals surface area contributed by atoms with E-state index in [0.717, 1.165) is 31.4 Å². The first-order chi connectivity index (χ1) is 10.3. The summed E-state index contributed by atoms with van der Waals surface area (Å²) in [7, 11) is 0. The van der Waals surface area contributed by atoms with Gasteiger partial charge < -0.3 is 10.1 Å². The predicted octanol–water partition coefficient (Wildman–Crippen LogP) is 4.10. The van der Waals surface area contributed by atoms with E-state index in [2.05, 4.69) is 15.6 Å². The number of alkyl carbamates (subject to hydrolysis) is 1. The third kappa shape index (κ3) is 7.81. The van der Waals surface area contributed by atoms with Gasteiger partial charge in [-0.1, -0.05) is 47.6 Å². The molecule has 1 amide bonds. The first-order valence-corrected chi connectivity index (χ1v) is 8.74. The van der Waals surface area contributed by atoms with Gasteiger partial charge in [-0.3, -0.25) is 5.32 Å². The Morgan fingerprint density at radius 1 is 1.27 bits per heavy atom. The number of hydrogen-bond donors (Lipinski definition) is 2. The Bertz CT molecular complexity index is 417. The minimum Gasteiger partial charge on any atom is -0.450 e. The summed E-state index contributed by atoms with van der Waals surface area (Å²) in [6.45, 7) is 1.89. The number of ether oxygens (including phenoxy) is 1. The Hall–Kier alpha value is -0.300. The second-order valence-electron chi connectivity index (χ2n) is 4.88. The van der Waals surface area contributed by atoms with Crippen molar-refractivity contribution in [1.82, 2.24) is 10.6 Å². The molecule has 0 radical (unpaired) electrons. The molecule has 0 aromatic carbocycles. The van der Waals surface area contributed by atoms with Crippen LogP contribution < -0.4 is 10.6 Å². The monoisotopic (exact) mass is 387 g/mol. The highest BCUT2D eigenvalue weighted by Gasteiger charge is 2.35. The molecule has 0 heterocycles. The highest BCUT2D eigenvalue weighted by Crippen LogP contribution is 2.29. The van der Waals surface area contributed by atoms with E-state index in [1.54, 1.807) is 6.92 Å². The summed E-state index contributed by atoms with van der Waals surface area (Å²) in [5.74, 6) is 0. The third-order valence-corrected chi connectivity index (χ3v) is 3.94. The van der Waals surface area contributed by atoms with Crippen LogP contribution in [0.1, 0.15) is 45.4 Å². The molecular formula is C13H20Cl3N3O2S. The lowest BCUT2D eigenvalue weighted by Crippen LogP contribution is -2.54. The molecule has 1 rings (SSSR count). The van der Waals surface area contributed by atoms with Gasteiger partial charge in [0.1, 0.15) is 0 Å². The number of hydrogen-bond acceptors (Lipinski definition) is 3. The zero-order valence-corrected chi connectivity index (χ0v) is 15.4. The second kappa shape index (κ2) is 9.75. The van der Waals surface area contributed by atoms with Gasteiger partial charge in [-0.2, -0.15) is 0 Å². The van der Waals surface area contributed by atoms with E-state index >= 15 is 0 Å². The average Bonchev–Trinajstić information content (AvgIpc) is 2.65. The standard InChI is InChI=1S/C13H20Cl3N3O2S/c1-2-21-12(20)19-10(13(14,15)16)18-11(22)17-9-7-5-3-4-6-8-9/h10H,2-8H2,1H3,(H,18,22)(H,19,20)/t10-/m1/s1. The number of halogens is 3. The van der Waals surface area contributed by atoms with Crippen LogP contribution in [0.2, 0.25) is 0 Å². The lowest BCUT2D eigenvalue weighted by atomic mass is 10.2. The van der Waals surface area contributed by atoms with Crippen molar-refractivity contribution in [2.75, 3.05) is 6.61 Å². The average molecular weight is 389 g/mol. The van der Waals surface area contributed by atoms with Crippen molar-refractivity contribution in [2.24, 2.45) is 4.99 Å². The Labute approximate surface area is 151 Å². The smallest absolute Gasteiger partial charge is 0.408 e. The van der Waals surface area contributed by atoms with Crippen LogP contribution in [-0.2, 0) is 4.74 Å². The lowest BCUT2D eigenvalue weighted by Gasteiger charge is -2.26. The molecule has 1 atom stereocenters. The maximum atomic E-state index is 11.5. The molecule has 1 fully saturated rings. The van der Waals surface area contributed by atoms with E-state index in [-0.39, 0.29) is 11.7 Å². The van der Waals surface area contributed by atoms with Crippen LogP contribution >= 0.6 is 47.0 Å². The van der Waals surface area contributed by atoms with Crippen LogP contribution in [0.5, 0.6) is 0 Å². The third-order valence-electron chi connectivity index (χ3n) is 3.07. The van der Waals surface area contributed by atoms with Gasteiger partial charge in [-0.05, 0) is 44.8 Å². The minimum absolute atomic E-state index is 0.185. The van der Waals surface area contributed by atoms with Gasteiger partial charge in [0.15, 0.2) is 11.3 Å². The zero-order valence-electron chi connectivity index (χ0n) is 12.3. The van der Waals surface area contributed by atoms with Gasteiger partial charge in [-0.25, -0.2) is 9.79 Å². The molecule has 0 aromatic rings. The maximum absolute atomic E-state index is 11.5. The van der Waals surface area contributed by atoms with Crippen molar-refractivity contribution in [3.8, 4) is 0 Å². The first kappa shape index (κ1) is 19.7. The highest BCUT2D eigenvalue weighted by atomic mass is 35.6. The van der Waals surface area contributed by atoms with Gasteiger partial charge in [0.2, 0.25) is 3.79 Å². The topological polar surface area (TPSA) is 62.7 Å². The van der Waals surface area contributed by atoms with Crippen molar-refractivity contribution in [2.45, 2.75) is 55.4 Å². The summed E-state index contributed by atoms with van der Waals surface area (Å²) < 4.78 is 2.98. The SMILES string of the molecule is CCOC(=O)N[C@@H](NC(=S)N=C1CCCCCC1)C(Cl)(Cl)Cl. The molecule has 126 valence electrons. The molecule has 0 saturated heterocycles. The molecule has 2 N–H and O–H groups in total. The second-order valence-corrected chi connectivity index (χ2v) is 7.64. The lowest BCUT2D eigenvalue weighted by molar-refractivity contribution is 0.147. The van der Waals surface area contributed by atoms with E-state index in [1.807, 2.05) is 0 Å². The van der Waals surface area contributed by atoms with Gasteiger partial charge in [0.05, 0.1) is 6.61 Å². The van der Waals surface area contributed by atoms with Gasteiger partial charge in [-0.15, -0.1) is 0 Å². The van der Waals surface area contributed by atoms with E-state index < -0.39 is 16.1 Å². The molecule has 0 spiro atoms. The van der Waals surface area contributed by atoms with E-state index in [0.29, 0.717) is 0 Å². The van der Waals surface area contributed by atoms with Gasteiger partial charge in [0, 0.05) is 5.71 Å². The Kier molecular flexibility index (Phi) is 8.75. The molecular weight excluding hydrogens is 369 g/mol. The van der Waals surface area contributed by atoms with Crippen molar-refractivity contribution >= 4 is 63.9 Å². The fourth-order valence-electron chi connectivity index (χ4n) is 2.04. The van der Waals surface area contributed by atoms with E-state index in [9.17, 15) is 4.79 Å². The summed E-state index contributed by atoms with van der Waals surface area (Å²) in [5, 5.41) is 5.35. The van der Waals surface area contributed by atoms with Crippen LogP contribution in [0.4, 0.5) is 4.79 Å². The summed E-state index contributed by atoms with van der Waals surface area (Å²) in [6, 6.07) is 0. The Morgan fingerprint density at radius 2 is 1.86 bits per heavy atom. The van der Waals surface area contributed by atoms with Crippen molar-refractivity contribution in [1.29, 1.82) is 0 Å². The van der Waals surface area contributed by atoms with Crippen molar-refractivity contribution < 1.29 is 9.53 Å². The van der Waals surface area contributed by atoms with Gasteiger partial charge in [0.25, 0.3) is 0 Å². The van der Waals surface area contributed by atoms with Gasteiger partial charge >= 0.3 is 6.09 Å². The fourth-order valence-corrected chi connectivity index (χ4v) is 2.61. The summed E-state index contributed by atoms with van der Waals surface area (Å²) in [4.78, 5) is 15.9. The predicted molar refractivity (Wildman–Crippen MR) is 95.1 cm³/mol. The number of nitrogens with one attached hydrogen (secondary N) is 2. The molecule has 0 aromatic heterocycles. The van der Waals surface area contributed by atoms with Crippen LogP contribution in [0, 0.1) is 0 Å². The zero-order chi connectivity index (χ0) is 16.6. The number of rotatable bonds is 3. The van der Waals surface area contributed by atoms with Crippen LogP contribution in [-0.4, -0.2) is 33.5 Å². The summed E-state index contributed by atoms with van der Waals surface area (Å²) in [6.07, 6.45) is 4.75. The maximum Gasteiger partial charge on any atom is 0.408 e. The number of carbonyl (C=O) groups excluding carboxylic acids is 1. The fraction of sp³-hybridized carbons (Fsp3) is 0.769. The van der Waals surface area contributed by atoms with E-state index in [4.69, 9.17) is 51.8 Å². The quantitative estimate of drug-likeness (QED) is 0.331. The number of alkyl halides is 3. The van der Waals surface area contributed by atoms with Crippen molar-refractivity contribution in [3.05, 3.63) is 0 Å². The first-order valence-electron chi connectivity index (χ1n) is 7.20. The van der Waals surface area contributed by atoms with E-state index in [1.165, 1.54) is 12.8 Å². The molecule has 9 heteroatoms. The highest BCUT2D eigenvalue weighted by molar-refractivity contribution is 7.80. The van der Waals surface area contributed by atoms with Crippen LogP contribution in [0.15, 0.2) is 4.99 Å². The van der Waals surface area contributed by atoms with Crippen molar-refractivity contribution in [3.63, 3.8) is 0 Å². The normalized spacial score (nSPS) is 17.2. The number of amides is 1. The summed E-state index contributed by atoms with van der Waals surface area (Å²) >= 11 is 22.7. The van der Waals surface area contributed by atoms with Crippen LogP contribution in [0.25, 0.3) is 0 Å². The largest absolute Gasteiger partial charge is 0.450 e. The minimum atomic E-state index is -1.79. The molecule has 1 aliphatic carbocycles. The number of carbonyl (C=O) groups is 1. The molecule has 0 unspecified atom stereocenters. The molecule has 0 bridgehead atoms. The molecule has 5 nitrogen and oxygen atoms in total. The van der Waals surface area contributed by atoms with Crippen LogP contribution in [0.3, 0.4) is 0 Å². The summed E-state index contributed by atoms with van der Waals surface area (Å²) in [5.41, 5.74) is 1.04. The molecule has 1 saturated carbocycles. The number of aliphatic imine (C=N–C) groups is 1. The molecule has 22 heavy (non-hydrogen) atoms. The molecule has 0 aliphatic heterocycles.